The van der Waals surface area contributed by atoms with Gasteiger partial charge in [0.2, 0.25) is 0 Å². The number of hydrogen-bond acceptors (Lipinski definition) is 1. The molecule has 0 aromatic carbocycles. The molecule has 1 saturated heterocycles. The van der Waals surface area contributed by atoms with Crippen molar-refractivity contribution in [3.63, 3.8) is 0 Å². The van der Waals surface area contributed by atoms with Crippen molar-refractivity contribution in [3.8, 4) is 0 Å². The molecule has 9 heavy (non-hydrogen) atoms. The molecule has 1 heteroatoms. The quantitative estimate of drug-likeness (QED) is 0.469. The Morgan fingerprint density at radius 3 is 3.33 bits per heavy atom. The van der Waals surface area contributed by atoms with E-state index in [1.54, 1.807) is 0 Å². The van der Waals surface area contributed by atoms with Crippen molar-refractivity contribution < 1.29 is 0 Å². The van der Waals surface area contributed by atoms with Crippen molar-refractivity contribution in [1.29, 1.82) is 0 Å². The van der Waals surface area contributed by atoms with Gasteiger partial charge >= 0.3 is 0 Å². The van der Waals surface area contributed by atoms with Crippen LogP contribution < -0.4 is 0 Å². The van der Waals surface area contributed by atoms with Crippen molar-refractivity contribution in [2.45, 2.75) is 19.3 Å². The molecule has 0 amide bonds. The molecule has 1 nitrogen and oxygen atoms in total. The topological polar surface area (TPSA) is 3.24 Å². The van der Waals surface area contributed by atoms with Gasteiger partial charge in [-0.25, -0.2) is 0 Å². The van der Waals surface area contributed by atoms with E-state index in [0.717, 1.165) is 6.42 Å². The zero-order valence-electron chi connectivity index (χ0n) is 5.56. The maximum Gasteiger partial charge on any atom is 0.0358 e. The summed E-state index contributed by atoms with van der Waals surface area (Å²) in [6, 6.07) is 0. The number of hydrogen-bond donors (Lipinski definition) is 0. The van der Waals surface area contributed by atoms with E-state index in [2.05, 4.69) is 17.4 Å². The van der Waals surface area contributed by atoms with Crippen LogP contribution in [0, 0.1) is 6.42 Å². The van der Waals surface area contributed by atoms with Crippen LogP contribution in [-0.4, -0.2) is 18.0 Å². The zero-order chi connectivity index (χ0) is 6.10. The van der Waals surface area contributed by atoms with Gasteiger partial charge in [-0.3, -0.25) is 0 Å². The second-order valence-corrected chi connectivity index (χ2v) is 2.65. The standard InChI is InChI=1S/C8H11N/c1-2-6-9-7-3-5-8(9)4-1/h4H,1-3,6-7H2. The van der Waals surface area contributed by atoms with E-state index in [4.69, 9.17) is 0 Å². The minimum absolute atomic E-state index is 1.14. The smallest absolute Gasteiger partial charge is 0.0358 e. The van der Waals surface area contributed by atoms with Crippen LogP contribution in [0.4, 0.5) is 0 Å². The molecule has 0 unspecified atom stereocenters. The number of allylic oxidation sites excluding steroid dienone is 2. The van der Waals surface area contributed by atoms with E-state index >= 15 is 0 Å². The molecule has 0 aromatic rings. The number of rotatable bonds is 0. The van der Waals surface area contributed by atoms with Gasteiger partial charge in [-0.15, -0.1) is 0 Å². The molecule has 2 radical (unpaired) electrons. The molecule has 48 valence electrons. The normalized spacial score (nSPS) is 25.8. The van der Waals surface area contributed by atoms with Crippen LogP contribution in [0.3, 0.4) is 0 Å². The van der Waals surface area contributed by atoms with Gasteiger partial charge in [0, 0.05) is 25.2 Å². The largest absolute Gasteiger partial charge is 0.375 e. The molecule has 0 spiro atoms. The van der Waals surface area contributed by atoms with Crippen molar-refractivity contribution >= 4 is 0 Å². The third-order valence-corrected chi connectivity index (χ3v) is 2.00. The molecule has 2 rings (SSSR count). The first-order valence-corrected chi connectivity index (χ1v) is 3.66. The molecule has 0 aromatic heterocycles. The predicted molar refractivity (Wildman–Crippen MR) is 36.8 cm³/mol. The third-order valence-electron chi connectivity index (χ3n) is 2.00. The van der Waals surface area contributed by atoms with Crippen LogP contribution in [0.25, 0.3) is 0 Å². The van der Waals surface area contributed by atoms with Crippen molar-refractivity contribution in [1.82, 2.24) is 4.90 Å². The highest BCUT2D eigenvalue weighted by molar-refractivity contribution is 5.18. The molecule has 0 atom stereocenters. The monoisotopic (exact) mass is 121 g/mol. The molecular weight excluding hydrogens is 110 g/mol. The highest BCUT2D eigenvalue weighted by Crippen LogP contribution is 2.24. The predicted octanol–water partition coefficient (Wildman–Crippen LogP) is 1.45. The molecule has 2 heterocycles. The second-order valence-electron chi connectivity index (χ2n) is 2.65. The van der Waals surface area contributed by atoms with Crippen LogP contribution in [0.1, 0.15) is 19.3 Å². The van der Waals surface area contributed by atoms with Gasteiger partial charge in [0.05, 0.1) is 0 Å². The van der Waals surface area contributed by atoms with E-state index < -0.39 is 0 Å². The summed E-state index contributed by atoms with van der Waals surface area (Å²) < 4.78 is 0. The summed E-state index contributed by atoms with van der Waals surface area (Å²) in [7, 11) is 0. The summed E-state index contributed by atoms with van der Waals surface area (Å²) >= 11 is 0. The Morgan fingerprint density at radius 2 is 2.44 bits per heavy atom. The van der Waals surface area contributed by atoms with E-state index in [9.17, 15) is 0 Å². The lowest BCUT2D eigenvalue weighted by Crippen LogP contribution is -2.21. The molecule has 1 fully saturated rings. The summed E-state index contributed by atoms with van der Waals surface area (Å²) in [4.78, 5) is 2.42. The summed E-state index contributed by atoms with van der Waals surface area (Å²) in [6.07, 6.45) is 9.39. The fourth-order valence-corrected chi connectivity index (χ4v) is 1.51. The lowest BCUT2D eigenvalue weighted by atomic mass is 10.2. The lowest BCUT2D eigenvalue weighted by Gasteiger charge is -2.22. The number of fused-ring (bicyclic) bond motifs is 1. The van der Waals surface area contributed by atoms with Crippen molar-refractivity contribution in [2.75, 3.05) is 13.1 Å². The summed E-state index contributed by atoms with van der Waals surface area (Å²) in [5.74, 6) is 0. The molecule has 2 aliphatic heterocycles. The molecule has 0 bridgehead atoms. The summed E-state index contributed by atoms with van der Waals surface area (Å²) in [5, 5.41) is 0. The van der Waals surface area contributed by atoms with Gasteiger partial charge in [-0.2, -0.15) is 0 Å². The molecule has 2 aliphatic rings. The van der Waals surface area contributed by atoms with Gasteiger partial charge in [-0.05, 0) is 19.3 Å². The van der Waals surface area contributed by atoms with Crippen molar-refractivity contribution in [2.24, 2.45) is 0 Å². The first-order valence-electron chi connectivity index (χ1n) is 3.66. The molecule has 0 aliphatic carbocycles. The Kier molecular flexibility index (Phi) is 1.22. The first-order chi connectivity index (χ1) is 4.47. The zero-order valence-corrected chi connectivity index (χ0v) is 5.56. The second kappa shape index (κ2) is 2.05. The van der Waals surface area contributed by atoms with E-state index in [1.807, 2.05) is 0 Å². The SMILES string of the molecule is [C]1CCN2CCCC=C12. The van der Waals surface area contributed by atoms with Crippen LogP contribution in [0.15, 0.2) is 11.8 Å². The Balaban J connectivity index is 2.16. The third kappa shape index (κ3) is 0.846. The van der Waals surface area contributed by atoms with Crippen LogP contribution in [0.5, 0.6) is 0 Å². The average molecular weight is 121 g/mol. The van der Waals surface area contributed by atoms with E-state index in [0.29, 0.717) is 0 Å². The minimum Gasteiger partial charge on any atom is -0.375 e. The number of nitrogens with zero attached hydrogens (tertiary/aromatic N) is 1. The fraction of sp³-hybridized carbons (Fsp3) is 0.625. The highest BCUT2D eigenvalue weighted by atomic mass is 15.2. The highest BCUT2D eigenvalue weighted by Gasteiger charge is 2.18. The molecule has 0 saturated carbocycles. The molecule has 0 N–H and O–H groups in total. The fourth-order valence-electron chi connectivity index (χ4n) is 1.51. The summed E-state index contributed by atoms with van der Waals surface area (Å²) in [6.45, 7) is 2.48. The van der Waals surface area contributed by atoms with Gasteiger partial charge in [0.15, 0.2) is 0 Å². The van der Waals surface area contributed by atoms with E-state index in [-0.39, 0.29) is 0 Å². The molecular formula is C8H11N. The van der Waals surface area contributed by atoms with Crippen LogP contribution in [0.2, 0.25) is 0 Å². The Labute approximate surface area is 56.4 Å². The Bertz CT molecular complexity index is 138. The van der Waals surface area contributed by atoms with Gasteiger partial charge in [-0.1, -0.05) is 6.08 Å². The van der Waals surface area contributed by atoms with Crippen molar-refractivity contribution in [3.05, 3.63) is 18.2 Å². The van der Waals surface area contributed by atoms with E-state index in [1.165, 1.54) is 31.6 Å². The van der Waals surface area contributed by atoms with Crippen LogP contribution in [-0.2, 0) is 0 Å². The van der Waals surface area contributed by atoms with Gasteiger partial charge in [0.25, 0.3) is 0 Å². The van der Waals surface area contributed by atoms with Gasteiger partial charge < -0.3 is 4.90 Å². The Hall–Kier alpha value is -0.460. The maximum absolute atomic E-state index is 3.35. The minimum atomic E-state index is 1.14. The lowest BCUT2D eigenvalue weighted by molar-refractivity contribution is 0.370. The Morgan fingerprint density at radius 1 is 1.44 bits per heavy atom. The average Bonchev–Trinajstić information content (AvgIpc) is 2.33. The van der Waals surface area contributed by atoms with Gasteiger partial charge in [0.1, 0.15) is 0 Å². The maximum atomic E-state index is 3.35. The summed E-state index contributed by atoms with van der Waals surface area (Å²) in [5.41, 5.74) is 1.38. The first kappa shape index (κ1) is 5.33. The van der Waals surface area contributed by atoms with Crippen LogP contribution >= 0.6 is 0 Å².